The minimum absolute atomic E-state index is 0.290. The van der Waals surface area contributed by atoms with E-state index in [-0.39, 0.29) is 5.54 Å². The van der Waals surface area contributed by atoms with E-state index >= 15 is 0 Å². The molecule has 1 aliphatic rings. The van der Waals surface area contributed by atoms with E-state index in [1.165, 1.54) is 0 Å². The molecule has 2 rings (SSSR count). The molecule has 0 radical (unpaired) electrons. The van der Waals surface area contributed by atoms with Crippen LogP contribution in [0.3, 0.4) is 0 Å². The van der Waals surface area contributed by atoms with E-state index in [1.54, 1.807) is 14.2 Å². The monoisotopic (exact) mass is 269 g/mol. The molecule has 1 aromatic carbocycles. The Morgan fingerprint density at radius 2 is 2.00 bits per heavy atom. The molecule has 0 unspecified atom stereocenters. The second kappa shape index (κ2) is 4.98. The first-order valence-corrected chi connectivity index (χ1v) is 6.68. The third-order valence-corrected chi connectivity index (χ3v) is 4.12. The van der Waals surface area contributed by atoms with Crippen LogP contribution >= 0.6 is 11.6 Å². The van der Waals surface area contributed by atoms with Gasteiger partial charge >= 0.3 is 0 Å². The fourth-order valence-corrected chi connectivity index (χ4v) is 3.12. The van der Waals surface area contributed by atoms with E-state index in [9.17, 15) is 0 Å². The molecule has 1 saturated carbocycles. The second-order valence-corrected chi connectivity index (χ2v) is 5.22. The molecular weight excluding hydrogens is 250 g/mol. The largest absolute Gasteiger partial charge is 0.493 e. The van der Waals surface area contributed by atoms with Crippen LogP contribution in [0.5, 0.6) is 11.5 Å². The SMILES string of the molecule is CCc1c(OC)c(OC)cc(Cl)c1C1(N)CCC1. The molecule has 3 nitrogen and oxygen atoms in total. The molecule has 18 heavy (non-hydrogen) atoms. The van der Waals surface area contributed by atoms with Crippen LogP contribution < -0.4 is 15.2 Å². The van der Waals surface area contributed by atoms with Gasteiger partial charge in [-0.2, -0.15) is 0 Å². The van der Waals surface area contributed by atoms with Gasteiger partial charge in [-0.05, 0) is 31.2 Å². The lowest BCUT2D eigenvalue weighted by Crippen LogP contribution is -2.44. The average molecular weight is 270 g/mol. The molecule has 1 aliphatic carbocycles. The summed E-state index contributed by atoms with van der Waals surface area (Å²) in [6.07, 6.45) is 3.95. The highest BCUT2D eigenvalue weighted by Crippen LogP contribution is 2.48. The van der Waals surface area contributed by atoms with E-state index in [0.717, 1.165) is 42.6 Å². The molecule has 0 amide bonds. The summed E-state index contributed by atoms with van der Waals surface area (Å²) in [6.45, 7) is 2.08. The highest BCUT2D eigenvalue weighted by Gasteiger charge is 2.39. The Kier molecular flexibility index (Phi) is 3.74. The highest BCUT2D eigenvalue weighted by atomic mass is 35.5. The van der Waals surface area contributed by atoms with Gasteiger partial charge in [-0.1, -0.05) is 18.5 Å². The third kappa shape index (κ3) is 1.95. The van der Waals surface area contributed by atoms with Crippen LogP contribution in [0.15, 0.2) is 6.07 Å². The van der Waals surface area contributed by atoms with Crippen LogP contribution in [0.2, 0.25) is 5.02 Å². The van der Waals surface area contributed by atoms with Crippen LogP contribution in [0, 0.1) is 0 Å². The minimum atomic E-state index is -0.290. The van der Waals surface area contributed by atoms with Crippen molar-refractivity contribution in [1.29, 1.82) is 0 Å². The summed E-state index contributed by atoms with van der Waals surface area (Å²) in [5, 5.41) is 0.687. The summed E-state index contributed by atoms with van der Waals surface area (Å²) in [6, 6.07) is 1.81. The molecule has 100 valence electrons. The topological polar surface area (TPSA) is 44.5 Å². The van der Waals surface area contributed by atoms with E-state index in [4.69, 9.17) is 26.8 Å². The Morgan fingerprint density at radius 1 is 1.33 bits per heavy atom. The van der Waals surface area contributed by atoms with Crippen LogP contribution in [-0.2, 0) is 12.0 Å². The lowest BCUT2D eigenvalue weighted by molar-refractivity contribution is 0.250. The van der Waals surface area contributed by atoms with E-state index in [1.807, 2.05) is 6.07 Å². The molecule has 1 fully saturated rings. The number of benzene rings is 1. The van der Waals surface area contributed by atoms with Gasteiger partial charge in [-0.15, -0.1) is 0 Å². The molecule has 0 heterocycles. The Labute approximate surface area is 113 Å². The molecule has 4 heteroatoms. The van der Waals surface area contributed by atoms with E-state index < -0.39 is 0 Å². The van der Waals surface area contributed by atoms with Gasteiger partial charge in [0.1, 0.15) is 0 Å². The molecule has 1 aromatic rings. The van der Waals surface area contributed by atoms with Gasteiger partial charge in [0.25, 0.3) is 0 Å². The van der Waals surface area contributed by atoms with Crippen molar-refractivity contribution in [1.82, 2.24) is 0 Å². The zero-order valence-electron chi connectivity index (χ0n) is 11.2. The summed E-state index contributed by atoms with van der Waals surface area (Å²) < 4.78 is 10.8. The van der Waals surface area contributed by atoms with Crippen molar-refractivity contribution < 1.29 is 9.47 Å². The number of hydrogen-bond donors (Lipinski definition) is 1. The average Bonchev–Trinajstić information content (AvgIpc) is 2.34. The summed E-state index contributed by atoms with van der Waals surface area (Å²) in [4.78, 5) is 0. The lowest BCUT2D eigenvalue weighted by atomic mass is 9.70. The van der Waals surface area contributed by atoms with Crippen molar-refractivity contribution in [2.24, 2.45) is 5.73 Å². The number of ether oxygens (including phenoxy) is 2. The lowest BCUT2D eigenvalue weighted by Gasteiger charge is -2.41. The van der Waals surface area contributed by atoms with Gasteiger partial charge in [0.05, 0.1) is 14.2 Å². The van der Waals surface area contributed by atoms with Crippen molar-refractivity contribution in [3.05, 3.63) is 22.2 Å². The molecule has 0 aliphatic heterocycles. The Morgan fingerprint density at radius 3 is 2.39 bits per heavy atom. The van der Waals surface area contributed by atoms with Crippen molar-refractivity contribution in [3.8, 4) is 11.5 Å². The third-order valence-electron chi connectivity index (χ3n) is 3.82. The molecule has 2 N–H and O–H groups in total. The fourth-order valence-electron chi connectivity index (χ4n) is 2.72. The molecular formula is C14H20ClNO2. The smallest absolute Gasteiger partial charge is 0.164 e. The minimum Gasteiger partial charge on any atom is -0.493 e. The van der Waals surface area contributed by atoms with Gasteiger partial charge in [-0.3, -0.25) is 0 Å². The number of hydrogen-bond acceptors (Lipinski definition) is 3. The van der Waals surface area contributed by atoms with E-state index in [0.29, 0.717) is 10.8 Å². The second-order valence-electron chi connectivity index (χ2n) is 4.81. The summed E-state index contributed by atoms with van der Waals surface area (Å²) >= 11 is 6.40. The quantitative estimate of drug-likeness (QED) is 0.912. The first-order valence-electron chi connectivity index (χ1n) is 6.30. The maximum absolute atomic E-state index is 6.44. The Bertz CT molecular complexity index is 456. The van der Waals surface area contributed by atoms with Crippen molar-refractivity contribution in [2.45, 2.75) is 38.1 Å². The number of methoxy groups -OCH3 is 2. The summed E-state index contributed by atoms with van der Waals surface area (Å²) in [5.41, 5.74) is 8.26. The molecule has 0 spiro atoms. The first kappa shape index (κ1) is 13.5. The predicted molar refractivity (Wildman–Crippen MR) is 73.7 cm³/mol. The van der Waals surface area contributed by atoms with Crippen molar-refractivity contribution in [2.75, 3.05) is 14.2 Å². The van der Waals surface area contributed by atoms with Gasteiger partial charge in [-0.25, -0.2) is 0 Å². The Balaban J connectivity index is 2.64. The maximum atomic E-state index is 6.44. The van der Waals surface area contributed by atoms with Crippen LogP contribution in [0.25, 0.3) is 0 Å². The van der Waals surface area contributed by atoms with Gasteiger partial charge in [0.15, 0.2) is 11.5 Å². The van der Waals surface area contributed by atoms with Gasteiger partial charge < -0.3 is 15.2 Å². The normalized spacial score (nSPS) is 17.2. The highest BCUT2D eigenvalue weighted by molar-refractivity contribution is 6.31. The maximum Gasteiger partial charge on any atom is 0.164 e. The van der Waals surface area contributed by atoms with Crippen LogP contribution in [0.4, 0.5) is 0 Å². The predicted octanol–water partition coefficient (Wildman–Crippen LogP) is 3.26. The number of rotatable bonds is 4. The summed E-state index contributed by atoms with van der Waals surface area (Å²) in [7, 11) is 3.27. The zero-order valence-corrected chi connectivity index (χ0v) is 11.9. The first-order chi connectivity index (χ1) is 8.57. The molecule has 0 atom stereocenters. The van der Waals surface area contributed by atoms with Crippen molar-refractivity contribution in [3.63, 3.8) is 0 Å². The van der Waals surface area contributed by atoms with Gasteiger partial charge in [0, 0.05) is 22.2 Å². The number of halogens is 1. The zero-order chi connectivity index (χ0) is 13.3. The molecule has 0 aromatic heterocycles. The van der Waals surface area contributed by atoms with E-state index in [2.05, 4.69) is 6.92 Å². The fraction of sp³-hybridized carbons (Fsp3) is 0.571. The molecule has 0 saturated heterocycles. The van der Waals surface area contributed by atoms with Crippen LogP contribution in [0.1, 0.15) is 37.3 Å². The van der Waals surface area contributed by atoms with Gasteiger partial charge in [0.2, 0.25) is 0 Å². The summed E-state index contributed by atoms with van der Waals surface area (Å²) in [5.74, 6) is 1.43. The molecule has 0 bridgehead atoms. The standard InChI is InChI=1S/C14H20ClNO2/c1-4-9-12(14(16)6-5-7-14)10(15)8-11(17-2)13(9)18-3/h8H,4-7,16H2,1-3H3. The van der Waals surface area contributed by atoms with Crippen molar-refractivity contribution >= 4 is 11.6 Å². The number of nitrogens with two attached hydrogens (primary N) is 1. The van der Waals surface area contributed by atoms with Crippen LogP contribution in [-0.4, -0.2) is 14.2 Å². The Hall–Kier alpha value is -0.930.